The SMILES string of the molecule is CNC(=O)C(Cc1ccccc1)N(Cc1ccccc1Cl)C(=O)Cc1cccc(C)c1. The molecule has 0 fully saturated rings. The first-order valence-corrected chi connectivity index (χ1v) is 10.7. The van der Waals surface area contributed by atoms with Gasteiger partial charge in [-0.1, -0.05) is 90.0 Å². The average molecular weight is 435 g/mol. The fourth-order valence-electron chi connectivity index (χ4n) is 3.63. The minimum absolute atomic E-state index is 0.116. The first-order valence-electron chi connectivity index (χ1n) is 10.3. The van der Waals surface area contributed by atoms with Crippen LogP contribution in [0, 0.1) is 6.92 Å². The highest BCUT2D eigenvalue weighted by Gasteiger charge is 2.30. The van der Waals surface area contributed by atoms with Gasteiger partial charge in [-0.05, 0) is 29.7 Å². The Morgan fingerprint density at radius 3 is 2.29 bits per heavy atom. The summed E-state index contributed by atoms with van der Waals surface area (Å²) in [6, 6.07) is 24.4. The van der Waals surface area contributed by atoms with E-state index in [-0.39, 0.29) is 24.8 Å². The molecule has 0 bridgehead atoms. The summed E-state index contributed by atoms with van der Waals surface area (Å²) in [5.74, 6) is -0.316. The summed E-state index contributed by atoms with van der Waals surface area (Å²) >= 11 is 6.39. The van der Waals surface area contributed by atoms with E-state index < -0.39 is 6.04 Å². The topological polar surface area (TPSA) is 49.4 Å². The van der Waals surface area contributed by atoms with Crippen molar-refractivity contribution in [2.24, 2.45) is 0 Å². The van der Waals surface area contributed by atoms with Gasteiger partial charge in [0, 0.05) is 25.0 Å². The molecular formula is C26H27ClN2O2. The van der Waals surface area contributed by atoms with Gasteiger partial charge in [0.15, 0.2) is 0 Å². The summed E-state index contributed by atoms with van der Waals surface area (Å²) in [6.45, 7) is 2.26. The number of hydrogen-bond donors (Lipinski definition) is 1. The van der Waals surface area contributed by atoms with Crippen molar-refractivity contribution in [3.63, 3.8) is 0 Å². The molecule has 4 nitrogen and oxygen atoms in total. The number of aryl methyl sites for hydroxylation is 1. The van der Waals surface area contributed by atoms with Crippen molar-refractivity contribution in [3.8, 4) is 0 Å². The molecule has 160 valence electrons. The second-order valence-electron chi connectivity index (χ2n) is 7.60. The van der Waals surface area contributed by atoms with E-state index in [0.29, 0.717) is 11.4 Å². The Morgan fingerprint density at radius 2 is 1.61 bits per heavy atom. The molecule has 0 aliphatic rings. The molecular weight excluding hydrogens is 408 g/mol. The van der Waals surface area contributed by atoms with Crippen LogP contribution in [0.5, 0.6) is 0 Å². The highest BCUT2D eigenvalue weighted by atomic mass is 35.5. The van der Waals surface area contributed by atoms with Crippen molar-refractivity contribution >= 4 is 23.4 Å². The van der Waals surface area contributed by atoms with E-state index in [9.17, 15) is 9.59 Å². The van der Waals surface area contributed by atoms with Crippen LogP contribution >= 0.6 is 11.6 Å². The molecule has 5 heteroatoms. The van der Waals surface area contributed by atoms with Crippen molar-refractivity contribution in [2.75, 3.05) is 7.05 Å². The van der Waals surface area contributed by atoms with Gasteiger partial charge in [0.2, 0.25) is 11.8 Å². The first-order chi connectivity index (χ1) is 15.0. The van der Waals surface area contributed by atoms with E-state index in [1.54, 1.807) is 18.0 Å². The third-order valence-corrected chi connectivity index (χ3v) is 5.62. The fourth-order valence-corrected chi connectivity index (χ4v) is 3.82. The molecule has 2 amide bonds. The summed E-state index contributed by atoms with van der Waals surface area (Å²) < 4.78 is 0. The molecule has 1 N–H and O–H groups in total. The maximum Gasteiger partial charge on any atom is 0.242 e. The Bertz CT molecular complexity index is 1040. The number of nitrogens with one attached hydrogen (secondary N) is 1. The number of carbonyl (C=O) groups excluding carboxylic acids is 2. The van der Waals surface area contributed by atoms with Crippen molar-refractivity contribution in [1.29, 1.82) is 0 Å². The van der Waals surface area contributed by atoms with Crippen molar-refractivity contribution in [1.82, 2.24) is 10.2 Å². The lowest BCUT2D eigenvalue weighted by atomic mass is 10.0. The third kappa shape index (κ3) is 6.19. The van der Waals surface area contributed by atoms with Gasteiger partial charge in [-0.25, -0.2) is 0 Å². The zero-order valence-corrected chi connectivity index (χ0v) is 18.6. The molecule has 3 aromatic carbocycles. The third-order valence-electron chi connectivity index (χ3n) is 5.25. The molecule has 0 aliphatic heterocycles. The zero-order chi connectivity index (χ0) is 22.2. The van der Waals surface area contributed by atoms with Crippen LogP contribution in [0.1, 0.15) is 22.3 Å². The van der Waals surface area contributed by atoms with Crippen molar-refractivity contribution in [3.05, 3.63) is 106 Å². The number of halogens is 1. The normalized spacial score (nSPS) is 11.6. The van der Waals surface area contributed by atoms with E-state index in [2.05, 4.69) is 5.32 Å². The zero-order valence-electron chi connectivity index (χ0n) is 17.8. The number of rotatable bonds is 8. The summed E-state index contributed by atoms with van der Waals surface area (Å²) in [4.78, 5) is 28.0. The van der Waals surface area contributed by atoms with Crippen LogP contribution < -0.4 is 5.32 Å². The minimum Gasteiger partial charge on any atom is -0.357 e. The number of hydrogen-bond acceptors (Lipinski definition) is 2. The van der Waals surface area contributed by atoms with Gasteiger partial charge in [-0.2, -0.15) is 0 Å². The summed E-state index contributed by atoms with van der Waals surface area (Å²) in [7, 11) is 1.60. The van der Waals surface area contributed by atoms with Crippen LogP contribution in [-0.4, -0.2) is 29.8 Å². The molecule has 0 spiro atoms. The second-order valence-corrected chi connectivity index (χ2v) is 8.01. The van der Waals surface area contributed by atoms with E-state index in [4.69, 9.17) is 11.6 Å². The van der Waals surface area contributed by atoms with Gasteiger partial charge in [-0.15, -0.1) is 0 Å². The molecule has 0 aliphatic carbocycles. The van der Waals surface area contributed by atoms with Crippen molar-refractivity contribution < 1.29 is 9.59 Å². The van der Waals surface area contributed by atoms with E-state index >= 15 is 0 Å². The highest BCUT2D eigenvalue weighted by molar-refractivity contribution is 6.31. The van der Waals surface area contributed by atoms with Crippen LogP contribution in [0.25, 0.3) is 0 Å². The molecule has 1 atom stereocenters. The molecule has 31 heavy (non-hydrogen) atoms. The van der Waals surface area contributed by atoms with Crippen molar-refractivity contribution in [2.45, 2.75) is 32.4 Å². The lowest BCUT2D eigenvalue weighted by Crippen LogP contribution is -2.50. The monoisotopic (exact) mass is 434 g/mol. The summed E-state index contributed by atoms with van der Waals surface area (Å²) in [5.41, 5.74) is 3.81. The second kappa shape index (κ2) is 10.8. The van der Waals surface area contributed by atoms with Gasteiger partial charge in [0.25, 0.3) is 0 Å². The van der Waals surface area contributed by atoms with Gasteiger partial charge < -0.3 is 10.2 Å². The molecule has 3 aromatic rings. The largest absolute Gasteiger partial charge is 0.357 e. The summed E-state index contributed by atoms with van der Waals surface area (Å²) in [6.07, 6.45) is 0.638. The van der Waals surface area contributed by atoms with Crippen LogP contribution in [0.3, 0.4) is 0 Å². The average Bonchev–Trinajstić information content (AvgIpc) is 2.77. The smallest absolute Gasteiger partial charge is 0.242 e. The standard InChI is InChI=1S/C26H27ClN2O2/c1-19-9-8-12-21(15-19)17-25(30)29(18-22-13-6-7-14-23(22)27)24(26(31)28-2)16-20-10-4-3-5-11-20/h3-15,24H,16-18H2,1-2H3,(H,28,31). The van der Waals surface area contributed by atoms with Crippen LogP contribution in [0.2, 0.25) is 5.02 Å². The quantitative estimate of drug-likeness (QED) is 0.564. The predicted octanol–water partition coefficient (Wildman–Crippen LogP) is 4.58. The molecule has 0 saturated carbocycles. The highest BCUT2D eigenvalue weighted by Crippen LogP contribution is 2.21. The number of benzene rings is 3. The van der Waals surface area contributed by atoms with Gasteiger partial charge in [0.05, 0.1) is 6.42 Å². The van der Waals surface area contributed by atoms with E-state index in [1.165, 1.54) is 0 Å². The Morgan fingerprint density at radius 1 is 0.935 bits per heavy atom. The maximum atomic E-state index is 13.5. The number of carbonyl (C=O) groups is 2. The molecule has 0 radical (unpaired) electrons. The molecule has 0 aromatic heterocycles. The summed E-state index contributed by atoms with van der Waals surface area (Å²) in [5, 5.41) is 3.30. The number of amides is 2. The molecule has 1 unspecified atom stereocenters. The minimum atomic E-state index is -0.652. The van der Waals surface area contributed by atoms with Gasteiger partial charge >= 0.3 is 0 Å². The number of likely N-dealkylation sites (N-methyl/N-ethyl adjacent to an activating group) is 1. The maximum absolute atomic E-state index is 13.5. The Labute approximate surface area is 188 Å². The van der Waals surface area contributed by atoms with Crippen LogP contribution in [0.15, 0.2) is 78.9 Å². The Balaban J connectivity index is 1.95. The molecule has 0 heterocycles. The van der Waals surface area contributed by atoms with Gasteiger partial charge in [-0.3, -0.25) is 9.59 Å². The lowest BCUT2D eigenvalue weighted by molar-refractivity contribution is -0.140. The Hall–Kier alpha value is -3.11. The fraction of sp³-hybridized carbons (Fsp3) is 0.231. The van der Waals surface area contributed by atoms with E-state index in [1.807, 2.05) is 79.7 Å². The predicted molar refractivity (Wildman–Crippen MR) is 125 cm³/mol. The van der Waals surface area contributed by atoms with Crippen LogP contribution in [-0.2, 0) is 29.0 Å². The van der Waals surface area contributed by atoms with E-state index in [0.717, 1.165) is 22.3 Å². The molecule has 3 rings (SSSR count). The van der Waals surface area contributed by atoms with Crippen LogP contribution in [0.4, 0.5) is 0 Å². The number of nitrogens with zero attached hydrogens (tertiary/aromatic N) is 1. The van der Waals surface area contributed by atoms with Gasteiger partial charge in [0.1, 0.15) is 6.04 Å². The lowest BCUT2D eigenvalue weighted by Gasteiger charge is -2.31. The molecule has 0 saturated heterocycles. The first kappa shape index (κ1) is 22.6. The Kier molecular flexibility index (Phi) is 7.85.